The third-order valence-electron chi connectivity index (χ3n) is 5.98. The molecule has 1 saturated heterocycles. The molecule has 1 fully saturated rings. The van der Waals surface area contributed by atoms with Crippen molar-refractivity contribution in [3.05, 3.63) is 105 Å². The van der Waals surface area contributed by atoms with E-state index in [4.69, 9.17) is 9.84 Å². The number of aromatic carboxylic acids is 1. The minimum atomic E-state index is -0.949. The molecule has 0 radical (unpaired) electrons. The highest BCUT2D eigenvalue weighted by atomic mass is 79.9. The molecule has 1 aliphatic heterocycles. The number of aryl methyl sites for hydroxylation is 1. The van der Waals surface area contributed by atoms with Gasteiger partial charge in [-0.1, -0.05) is 70.0 Å². The van der Waals surface area contributed by atoms with Crippen LogP contribution in [-0.4, -0.2) is 28.0 Å². The van der Waals surface area contributed by atoms with Gasteiger partial charge in [0.05, 0.1) is 24.3 Å². The minimum absolute atomic E-state index is 0.117. The van der Waals surface area contributed by atoms with Gasteiger partial charge in [-0.2, -0.15) is 0 Å². The number of carbonyl (C=O) groups is 2. The van der Waals surface area contributed by atoms with Crippen LogP contribution in [0, 0.1) is 6.92 Å². The van der Waals surface area contributed by atoms with Crippen molar-refractivity contribution >= 4 is 27.8 Å². The van der Waals surface area contributed by atoms with Crippen LogP contribution in [-0.2, 0) is 22.7 Å². The van der Waals surface area contributed by atoms with Crippen molar-refractivity contribution in [1.82, 2.24) is 4.90 Å². The lowest BCUT2D eigenvalue weighted by molar-refractivity contribution is -0.147. The number of nitrogens with zero attached hydrogens (tertiary/aromatic N) is 1. The molecule has 0 aliphatic carbocycles. The van der Waals surface area contributed by atoms with Crippen molar-refractivity contribution < 1.29 is 19.4 Å². The lowest BCUT2D eigenvalue weighted by atomic mass is 9.91. The maximum absolute atomic E-state index is 13.1. The summed E-state index contributed by atoms with van der Waals surface area (Å²) < 4.78 is 7.31. The van der Waals surface area contributed by atoms with Crippen LogP contribution in [0.3, 0.4) is 0 Å². The first-order valence-electron chi connectivity index (χ1n) is 10.9. The van der Waals surface area contributed by atoms with Gasteiger partial charge in [-0.15, -0.1) is 0 Å². The fourth-order valence-electron chi connectivity index (χ4n) is 4.21. The Bertz CT molecular complexity index is 1130. The molecule has 0 spiro atoms. The van der Waals surface area contributed by atoms with Gasteiger partial charge in [-0.3, -0.25) is 4.79 Å². The summed E-state index contributed by atoms with van der Waals surface area (Å²) in [5.74, 6) is -0.832. The number of likely N-dealkylation sites (tertiary alicyclic amines) is 1. The van der Waals surface area contributed by atoms with Gasteiger partial charge in [0.2, 0.25) is 5.91 Å². The second-order valence-corrected chi connectivity index (χ2v) is 9.31. The van der Waals surface area contributed by atoms with E-state index >= 15 is 0 Å². The molecule has 1 N–H and O–H groups in total. The fraction of sp³-hybridized carbons (Fsp3) is 0.259. The third-order valence-corrected chi connectivity index (χ3v) is 6.47. The van der Waals surface area contributed by atoms with Crippen LogP contribution >= 0.6 is 15.9 Å². The predicted octanol–water partition coefficient (Wildman–Crippen LogP) is 5.90. The van der Waals surface area contributed by atoms with E-state index < -0.39 is 5.97 Å². The molecule has 0 aromatic heterocycles. The Morgan fingerprint density at radius 3 is 2.42 bits per heavy atom. The van der Waals surface area contributed by atoms with E-state index in [1.54, 1.807) is 24.3 Å². The second-order valence-electron chi connectivity index (χ2n) is 8.40. The maximum atomic E-state index is 13.1. The number of halogens is 1. The van der Waals surface area contributed by atoms with Crippen LogP contribution in [0.2, 0.25) is 0 Å². The highest BCUT2D eigenvalue weighted by Gasteiger charge is 2.37. The molecular formula is C27H26BrNO4. The van der Waals surface area contributed by atoms with E-state index in [1.807, 2.05) is 36.1 Å². The molecule has 6 heteroatoms. The topological polar surface area (TPSA) is 66.8 Å². The van der Waals surface area contributed by atoms with Crippen molar-refractivity contribution in [1.29, 1.82) is 0 Å². The molecule has 3 aromatic carbocycles. The summed E-state index contributed by atoms with van der Waals surface area (Å²) in [4.78, 5) is 26.1. The SMILES string of the molecule is Cc1ccc(CN2C(=O)CC[C@H](OCc3ccc(C(=O)O)cc3)[C@H]2c2cccc(Br)c2)cc1. The predicted molar refractivity (Wildman–Crippen MR) is 130 cm³/mol. The number of amides is 1. The van der Waals surface area contributed by atoms with Gasteiger partial charge in [0, 0.05) is 17.4 Å². The number of hydrogen-bond acceptors (Lipinski definition) is 3. The normalized spacial score (nSPS) is 18.4. The number of carbonyl (C=O) groups excluding carboxylic acids is 1. The summed E-state index contributed by atoms with van der Waals surface area (Å²) in [6.07, 6.45) is 0.883. The molecule has 5 nitrogen and oxygen atoms in total. The molecule has 1 aliphatic rings. The van der Waals surface area contributed by atoms with Crippen molar-refractivity contribution in [2.75, 3.05) is 0 Å². The number of piperidine rings is 1. The van der Waals surface area contributed by atoms with Gasteiger partial charge in [0.15, 0.2) is 0 Å². The van der Waals surface area contributed by atoms with E-state index in [0.29, 0.717) is 26.0 Å². The van der Waals surface area contributed by atoms with E-state index in [-0.39, 0.29) is 23.6 Å². The summed E-state index contributed by atoms with van der Waals surface area (Å²) in [6, 6.07) is 22.8. The Kier molecular flexibility index (Phi) is 7.26. The first-order valence-corrected chi connectivity index (χ1v) is 11.7. The third kappa shape index (κ3) is 5.70. The maximum Gasteiger partial charge on any atom is 0.335 e. The number of carboxylic acids is 1. The van der Waals surface area contributed by atoms with Crippen LogP contribution < -0.4 is 0 Å². The van der Waals surface area contributed by atoms with Crippen LogP contribution in [0.5, 0.6) is 0 Å². The Morgan fingerprint density at radius 1 is 1.06 bits per heavy atom. The van der Waals surface area contributed by atoms with Crippen LogP contribution in [0.25, 0.3) is 0 Å². The van der Waals surface area contributed by atoms with Gasteiger partial charge in [-0.25, -0.2) is 4.79 Å². The van der Waals surface area contributed by atoms with Crippen LogP contribution in [0.1, 0.15) is 51.5 Å². The fourth-order valence-corrected chi connectivity index (χ4v) is 4.62. The average molecular weight is 508 g/mol. The Labute approximate surface area is 202 Å². The monoisotopic (exact) mass is 507 g/mol. The van der Waals surface area contributed by atoms with Crippen molar-refractivity contribution in [2.24, 2.45) is 0 Å². The quantitative estimate of drug-likeness (QED) is 0.431. The lowest BCUT2D eigenvalue weighted by Crippen LogP contribution is -2.45. The van der Waals surface area contributed by atoms with E-state index in [2.05, 4.69) is 40.2 Å². The summed E-state index contributed by atoms with van der Waals surface area (Å²) in [7, 11) is 0. The van der Waals surface area contributed by atoms with Crippen molar-refractivity contribution in [3.63, 3.8) is 0 Å². The second kappa shape index (κ2) is 10.3. The van der Waals surface area contributed by atoms with Gasteiger partial charge in [0.25, 0.3) is 0 Å². The largest absolute Gasteiger partial charge is 0.478 e. The molecule has 0 saturated carbocycles. The zero-order chi connectivity index (χ0) is 23.4. The Balaban J connectivity index is 1.59. The van der Waals surface area contributed by atoms with Gasteiger partial charge in [0.1, 0.15) is 0 Å². The molecule has 3 aromatic rings. The van der Waals surface area contributed by atoms with Crippen LogP contribution in [0.15, 0.2) is 77.3 Å². The Hall–Kier alpha value is -2.96. The molecule has 170 valence electrons. The number of hydrogen-bond donors (Lipinski definition) is 1. The van der Waals surface area contributed by atoms with Crippen molar-refractivity contribution in [3.8, 4) is 0 Å². The summed E-state index contributed by atoms with van der Waals surface area (Å²) in [5, 5.41) is 9.11. The first-order chi connectivity index (χ1) is 15.9. The van der Waals surface area contributed by atoms with E-state index in [9.17, 15) is 9.59 Å². The number of ether oxygens (including phenoxy) is 1. The van der Waals surface area contributed by atoms with Gasteiger partial charge < -0.3 is 14.7 Å². The highest BCUT2D eigenvalue weighted by Crippen LogP contribution is 2.36. The highest BCUT2D eigenvalue weighted by molar-refractivity contribution is 9.10. The molecule has 1 heterocycles. The lowest BCUT2D eigenvalue weighted by Gasteiger charge is -2.41. The average Bonchev–Trinajstić information content (AvgIpc) is 2.81. The number of carboxylic acid groups (broad SMARTS) is 1. The number of rotatable bonds is 7. The summed E-state index contributed by atoms with van der Waals surface area (Å²) in [5.41, 5.74) is 4.44. The molecule has 0 bridgehead atoms. The molecule has 0 unspecified atom stereocenters. The first kappa shape index (κ1) is 23.2. The van der Waals surface area contributed by atoms with E-state index in [1.165, 1.54) is 5.56 Å². The van der Waals surface area contributed by atoms with Gasteiger partial charge in [-0.05, 0) is 54.3 Å². The standard InChI is InChI=1S/C27H26BrNO4/c1-18-5-7-19(8-6-18)16-29-25(30)14-13-24(26(29)22-3-2-4-23(28)15-22)33-17-20-9-11-21(12-10-20)27(31)32/h2-12,15,24,26H,13-14,16-17H2,1H3,(H,31,32)/t24-,26+/m0/s1. The Morgan fingerprint density at radius 2 is 1.76 bits per heavy atom. The molecule has 1 amide bonds. The summed E-state index contributed by atoms with van der Waals surface area (Å²) in [6.45, 7) is 2.91. The molecular weight excluding hydrogens is 482 g/mol. The zero-order valence-electron chi connectivity index (χ0n) is 18.4. The number of benzene rings is 3. The summed E-state index contributed by atoms with van der Waals surface area (Å²) >= 11 is 3.56. The smallest absolute Gasteiger partial charge is 0.335 e. The van der Waals surface area contributed by atoms with Crippen molar-refractivity contribution in [2.45, 2.75) is 45.1 Å². The van der Waals surface area contributed by atoms with Crippen LogP contribution in [0.4, 0.5) is 0 Å². The molecule has 2 atom stereocenters. The van der Waals surface area contributed by atoms with E-state index in [0.717, 1.165) is 21.2 Å². The zero-order valence-corrected chi connectivity index (χ0v) is 20.0. The minimum Gasteiger partial charge on any atom is -0.478 e. The van der Waals surface area contributed by atoms with Gasteiger partial charge >= 0.3 is 5.97 Å². The molecule has 33 heavy (non-hydrogen) atoms. The molecule has 4 rings (SSSR count).